The van der Waals surface area contributed by atoms with Gasteiger partial charge in [-0.15, -0.1) is 0 Å². The highest BCUT2D eigenvalue weighted by molar-refractivity contribution is 7.51. The first-order valence-electron chi connectivity index (χ1n) is 6.92. The van der Waals surface area contributed by atoms with Crippen LogP contribution in [0, 0.1) is 0 Å². The molecular formula is C12H21N4O8P. The second kappa shape index (κ2) is 9.89. The molecule has 25 heavy (non-hydrogen) atoms. The average molecular weight is 380 g/mol. The summed E-state index contributed by atoms with van der Waals surface area (Å²) in [5.74, 6) is -4.23. The lowest BCUT2D eigenvalue weighted by atomic mass is 10.1. The van der Waals surface area contributed by atoms with Crippen LogP contribution in [-0.4, -0.2) is 62.9 Å². The summed E-state index contributed by atoms with van der Waals surface area (Å²) >= 11 is 0. The number of carbonyl (C=O) groups excluding carboxylic acids is 3. The maximum atomic E-state index is 12.1. The van der Waals surface area contributed by atoms with E-state index in [9.17, 15) is 23.7 Å². The zero-order valence-electron chi connectivity index (χ0n) is 13.3. The normalized spacial score (nSPS) is 15.2. The number of primary amides is 1. The third-order valence-corrected chi connectivity index (χ3v) is 3.37. The Bertz CT molecular complexity index is 600. The number of amides is 3. The van der Waals surface area contributed by atoms with E-state index in [-0.39, 0.29) is 0 Å². The molecule has 12 nitrogen and oxygen atoms in total. The highest BCUT2D eigenvalue weighted by Crippen LogP contribution is 2.33. The van der Waals surface area contributed by atoms with Crippen molar-refractivity contribution in [1.29, 1.82) is 0 Å². The van der Waals surface area contributed by atoms with Crippen LogP contribution in [0.1, 0.15) is 13.3 Å². The van der Waals surface area contributed by atoms with Crippen LogP contribution in [-0.2, 0) is 23.7 Å². The fraction of sp³-hybridized carbons (Fsp3) is 0.500. The molecule has 0 saturated carbocycles. The van der Waals surface area contributed by atoms with Crippen molar-refractivity contribution in [3.63, 3.8) is 0 Å². The maximum Gasteiger partial charge on any atom is 0.330 e. The van der Waals surface area contributed by atoms with E-state index in [0.717, 1.165) is 12.2 Å². The summed E-state index contributed by atoms with van der Waals surface area (Å²) in [5.41, 5.74) is 10.3. The maximum absolute atomic E-state index is 12.1. The van der Waals surface area contributed by atoms with Crippen molar-refractivity contribution in [3.05, 3.63) is 12.2 Å². The highest BCUT2D eigenvalue weighted by Gasteiger charge is 2.27. The summed E-state index contributed by atoms with van der Waals surface area (Å²) in [5, 5.41) is 13.2. The Kier molecular flexibility index (Phi) is 8.99. The van der Waals surface area contributed by atoms with Crippen molar-refractivity contribution in [2.45, 2.75) is 31.5 Å². The van der Waals surface area contributed by atoms with Gasteiger partial charge in [-0.2, -0.15) is 0 Å². The molecule has 0 radical (unpaired) electrons. The Morgan fingerprint density at radius 2 is 1.72 bits per heavy atom. The zero-order chi connectivity index (χ0) is 19.8. The van der Waals surface area contributed by atoms with Gasteiger partial charge in [-0.3, -0.25) is 18.9 Å². The second-order valence-electron chi connectivity index (χ2n) is 5.12. The summed E-state index contributed by atoms with van der Waals surface area (Å²) in [6, 6.07) is -4.07. The second-order valence-corrected chi connectivity index (χ2v) is 6.81. The minimum absolute atomic E-state index is 0.594. The number of hydrogen-bond donors (Lipinski definition) is 7. The van der Waals surface area contributed by atoms with Gasteiger partial charge in [-0.1, -0.05) is 12.2 Å². The molecule has 13 heteroatoms. The third kappa shape index (κ3) is 10.2. The summed E-state index contributed by atoms with van der Waals surface area (Å²) < 4.78 is 10.7. The number of nitrogens with one attached hydrogen (secondary N) is 2. The van der Waals surface area contributed by atoms with Gasteiger partial charge in [0.15, 0.2) is 0 Å². The van der Waals surface area contributed by atoms with Gasteiger partial charge in [0.1, 0.15) is 12.1 Å². The van der Waals surface area contributed by atoms with Crippen LogP contribution in [0.5, 0.6) is 0 Å². The molecule has 0 aromatic rings. The fourth-order valence-electron chi connectivity index (χ4n) is 1.49. The standard InChI is InChI=1S/C12H21N4O8P/c1-6(13)10(18)16-8(5-9(14)17)11(19)15-7(12(20)21)3-2-4-25(22,23)24/h2-3,6-8H,4-5,13H2,1H3,(H2,14,17)(H,15,19)(H,16,18)(H,20,21)(H2,22,23,24)/b3-2-/t6-,7+,8-/m0/s1. The molecule has 0 fully saturated rings. The average Bonchev–Trinajstić information content (AvgIpc) is 2.43. The number of rotatable bonds is 10. The van der Waals surface area contributed by atoms with E-state index in [0.29, 0.717) is 0 Å². The first-order chi connectivity index (χ1) is 11.3. The number of nitrogens with two attached hydrogens (primary N) is 2. The van der Waals surface area contributed by atoms with Crippen molar-refractivity contribution in [2.75, 3.05) is 6.16 Å². The number of hydrogen-bond acceptors (Lipinski definition) is 6. The van der Waals surface area contributed by atoms with E-state index >= 15 is 0 Å². The molecule has 0 spiro atoms. The Labute approximate surface area is 142 Å². The molecule has 142 valence electrons. The summed E-state index contributed by atoms with van der Waals surface area (Å²) in [4.78, 5) is 63.2. The Hall–Kier alpha value is -2.27. The summed E-state index contributed by atoms with van der Waals surface area (Å²) in [6.45, 7) is 1.33. The molecule has 0 bridgehead atoms. The quantitative estimate of drug-likeness (QED) is 0.151. The first kappa shape index (κ1) is 22.7. The summed E-state index contributed by atoms with van der Waals surface area (Å²) in [7, 11) is -4.38. The van der Waals surface area contributed by atoms with Gasteiger partial charge in [0.05, 0.1) is 18.6 Å². The van der Waals surface area contributed by atoms with Crippen molar-refractivity contribution in [3.8, 4) is 0 Å². The lowest BCUT2D eigenvalue weighted by Gasteiger charge is -2.20. The minimum atomic E-state index is -4.38. The van der Waals surface area contributed by atoms with Gasteiger partial charge < -0.3 is 37.0 Å². The first-order valence-corrected chi connectivity index (χ1v) is 8.72. The van der Waals surface area contributed by atoms with Crippen LogP contribution in [0.25, 0.3) is 0 Å². The molecule has 0 aromatic heterocycles. The topological polar surface area (TPSA) is 222 Å². The molecule has 0 aliphatic heterocycles. The molecular weight excluding hydrogens is 359 g/mol. The van der Waals surface area contributed by atoms with E-state index < -0.39 is 62.0 Å². The number of allylic oxidation sites excluding steroid dienone is 1. The van der Waals surface area contributed by atoms with Crippen LogP contribution >= 0.6 is 7.60 Å². The third-order valence-electron chi connectivity index (χ3n) is 2.69. The minimum Gasteiger partial charge on any atom is -0.479 e. The predicted molar refractivity (Wildman–Crippen MR) is 85.0 cm³/mol. The van der Waals surface area contributed by atoms with E-state index in [2.05, 4.69) is 5.32 Å². The van der Waals surface area contributed by atoms with Crippen LogP contribution in [0.15, 0.2) is 12.2 Å². The van der Waals surface area contributed by atoms with Gasteiger partial charge in [-0.05, 0) is 6.92 Å². The molecule has 0 heterocycles. The Morgan fingerprint density at radius 1 is 1.16 bits per heavy atom. The van der Waals surface area contributed by atoms with Gasteiger partial charge in [0.2, 0.25) is 17.7 Å². The SMILES string of the molecule is C[C@H](N)C(=O)N[C@@H](CC(N)=O)C(=O)N[C@H](/C=C\CP(=O)(O)O)C(=O)O. The molecule has 0 unspecified atom stereocenters. The van der Waals surface area contributed by atoms with Crippen LogP contribution in [0.3, 0.4) is 0 Å². The molecule has 0 aliphatic carbocycles. The van der Waals surface area contributed by atoms with Crippen LogP contribution in [0.4, 0.5) is 0 Å². The molecule has 9 N–H and O–H groups in total. The predicted octanol–water partition coefficient (Wildman–Crippen LogP) is -3.00. The van der Waals surface area contributed by atoms with Crippen molar-refractivity contribution in [1.82, 2.24) is 10.6 Å². The number of carbonyl (C=O) groups is 4. The van der Waals surface area contributed by atoms with Crippen molar-refractivity contribution >= 4 is 31.3 Å². The van der Waals surface area contributed by atoms with E-state index in [4.69, 9.17) is 26.4 Å². The van der Waals surface area contributed by atoms with Gasteiger partial charge in [-0.25, -0.2) is 4.79 Å². The number of carboxylic acids is 1. The summed E-state index contributed by atoms with van der Waals surface area (Å²) in [6.07, 6.45) is 0.430. The molecule has 0 aliphatic rings. The molecule has 3 amide bonds. The van der Waals surface area contributed by atoms with E-state index in [1.165, 1.54) is 6.92 Å². The largest absolute Gasteiger partial charge is 0.479 e. The Morgan fingerprint density at radius 3 is 2.12 bits per heavy atom. The van der Waals surface area contributed by atoms with Crippen LogP contribution in [0.2, 0.25) is 0 Å². The molecule has 0 saturated heterocycles. The van der Waals surface area contributed by atoms with E-state index in [1.54, 1.807) is 0 Å². The lowest BCUT2D eigenvalue weighted by Crippen LogP contribution is -2.54. The van der Waals surface area contributed by atoms with Crippen LogP contribution < -0.4 is 22.1 Å². The highest BCUT2D eigenvalue weighted by atomic mass is 31.2. The number of aliphatic carboxylic acids is 1. The fourth-order valence-corrected chi connectivity index (χ4v) is 1.89. The smallest absolute Gasteiger partial charge is 0.330 e. The monoisotopic (exact) mass is 380 g/mol. The number of carboxylic acid groups (broad SMARTS) is 1. The van der Waals surface area contributed by atoms with Crippen molar-refractivity contribution < 1.29 is 38.6 Å². The zero-order valence-corrected chi connectivity index (χ0v) is 14.2. The molecule has 0 rings (SSSR count). The van der Waals surface area contributed by atoms with E-state index in [1.807, 2.05) is 5.32 Å². The molecule has 0 aromatic carbocycles. The van der Waals surface area contributed by atoms with Gasteiger partial charge >= 0.3 is 13.6 Å². The van der Waals surface area contributed by atoms with Gasteiger partial charge in [0, 0.05) is 0 Å². The van der Waals surface area contributed by atoms with Crippen molar-refractivity contribution in [2.24, 2.45) is 11.5 Å². The lowest BCUT2D eigenvalue weighted by molar-refractivity contribution is -0.141. The Balaban J connectivity index is 5.12. The van der Waals surface area contributed by atoms with Gasteiger partial charge in [0.25, 0.3) is 0 Å². The molecule has 3 atom stereocenters.